The Morgan fingerprint density at radius 1 is 1.12 bits per heavy atom. The number of fused-ring (bicyclic) bond motifs is 3. The van der Waals surface area contributed by atoms with Crippen LogP contribution in [-0.2, 0) is 12.8 Å². The Labute approximate surface area is 104 Å². The van der Waals surface area contributed by atoms with Crippen LogP contribution in [0.1, 0.15) is 48.9 Å². The summed E-state index contributed by atoms with van der Waals surface area (Å²) in [5, 5.41) is 0. The third-order valence-corrected chi connectivity index (χ3v) is 3.93. The van der Waals surface area contributed by atoms with Crippen molar-refractivity contribution < 1.29 is 0 Å². The van der Waals surface area contributed by atoms with Crippen LogP contribution in [0.4, 0.5) is 0 Å². The van der Waals surface area contributed by atoms with Crippen LogP contribution in [0.5, 0.6) is 0 Å². The van der Waals surface area contributed by atoms with Gasteiger partial charge in [0.2, 0.25) is 0 Å². The standard InChI is InChI=1S/C17H20/c1-17(2)11-10-16-14(12-17)9-8-13-6-4-3-5-7-15(13)16/h4,6,8-11H,3,5,7,12H2,1-2H3. The fraction of sp³-hybridized carbons (Fsp3) is 0.412. The topological polar surface area (TPSA) is 0 Å². The van der Waals surface area contributed by atoms with Gasteiger partial charge in [-0.1, -0.05) is 50.3 Å². The van der Waals surface area contributed by atoms with Crippen LogP contribution in [0.25, 0.3) is 12.2 Å². The zero-order valence-electron chi connectivity index (χ0n) is 10.8. The lowest BCUT2D eigenvalue weighted by atomic mass is 9.77. The van der Waals surface area contributed by atoms with E-state index in [0.717, 1.165) is 0 Å². The lowest BCUT2D eigenvalue weighted by Crippen LogP contribution is -2.16. The maximum atomic E-state index is 2.38. The third kappa shape index (κ3) is 1.97. The summed E-state index contributed by atoms with van der Waals surface area (Å²) in [4.78, 5) is 0. The molecule has 17 heavy (non-hydrogen) atoms. The van der Waals surface area contributed by atoms with Crippen LogP contribution in [0.3, 0.4) is 0 Å². The minimum Gasteiger partial charge on any atom is -0.0839 e. The van der Waals surface area contributed by atoms with E-state index in [4.69, 9.17) is 0 Å². The number of hydrogen-bond acceptors (Lipinski definition) is 0. The molecule has 1 aromatic rings. The number of hydrogen-bond donors (Lipinski definition) is 0. The zero-order chi connectivity index (χ0) is 11.9. The first-order valence-electron chi connectivity index (χ1n) is 6.66. The normalized spacial score (nSPS) is 20.6. The molecule has 0 heterocycles. The molecule has 0 atom stereocenters. The SMILES string of the molecule is CC1(C)C=Cc2c(ccc3c2CCCC=C3)C1. The average molecular weight is 224 g/mol. The van der Waals surface area contributed by atoms with Crippen LogP contribution in [0.2, 0.25) is 0 Å². The van der Waals surface area contributed by atoms with Crippen LogP contribution in [0.15, 0.2) is 24.3 Å². The van der Waals surface area contributed by atoms with E-state index in [1.165, 1.54) is 42.4 Å². The average Bonchev–Trinajstić information content (AvgIpc) is 2.52. The van der Waals surface area contributed by atoms with E-state index < -0.39 is 0 Å². The number of allylic oxidation sites excluding steroid dienone is 2. The summed E-state index contributed by atoms with van der Waals surface area (Å²) in [6, 6.07) is 4.64. The van der Waals surface area contributed by atoms with Crippen molar-refractivity contribution in [1.82, 2.24) is 0 Å². The molecule has 0 saturated heterocycles. The summed E-state index contributed by atoms with van der Waals surface area (Å²) in [6.07, 6.45) is 14.3. The van der Waals surface area contributed by atoms with Crippen molar-refractivity contribution >= 4 is 12.2 Å². The first kappa shape index (κ1) is 10.8. The van der Waals surface area contributed by atoms with Gasteiger partial charge in [0.05, 0.1) is 0 Å². The Hall–Kier alpha value is -1.30. The van der Waals surface area contributed by atoms with E-state index in [9.17, 15) is 0 Å². The van der Waals surface area contributed by atoms with Crippen LogP contribution < -0.4 is 0 Å². The molecule has 0 fully saturated rings. The second kappa shape index (κ2) is 3.87. The van der Waals surface area contributed by atoms with Crippen molar-refractivity contribution in [3.63, 3.8) is 0 Å². The highest BCUT2D eigenvalue weighted by atomic mass is 14.3. The second-order valence-corrected chi connectivity index (χ2v) is 6.00. The Bertz CT molecular complexity index is 501. The van der Waals surface area contributed by atoms with Gasteiger partial charge in [0.15, 0.2) is 0 Å². The highest BCUT2D eigenvalue weighted by molar-refractivity contribution is 5.68. The van der Waals surface area contributed by atoms with Crippen molar-refractivity contribution in [3.8, 4) is 0 Å². The van der Waals surface area contributed by atoms with Gasteiger partial charge in [-0.25, -0.2) is 0 Å². The molecule has 2 aliphatic rings. The molecule has 3 rings (SSSR count). The summed E-state index contributed by atoms with van der Waals surface area (Å²) in [5.74, 6) is 0. The fourth-order valence-electron chi connectivity index (χ4n) is 2.99. The van der Waals surface area contributed by atoms with Gasteiger partial charge in [-0.3, -0.25) is 0 Å². The highest BCUT2D eigenvalue weighted by Gasteiger charge is 2.22. The minimum absolute atomic E-state index is 0.321. The molecule has 0 radical (unpaired) electrons. The quantitative estimate of drug-likeness (QED) is 0.602. The van der Waals surface area contributed by atoms with Gasteiger partial charge < -0.3 is 0 Å². The molecule has 0 bridgehead atoms. The molecule has 1 aromatic carbocycles. The largest absolute Gasteiger partial charge is 0.0839 e. The highest BCUT2D eigenvalue weighted by Crippen LogP contribution is 2.35. The van der Waals surface area contributed by atoms with Gasteiger partial charge in [-0.15, -0.1) is 0 Å². The monoisotopic (exact) mass is 224 g/mol. The molecule has 0 saturated carbocycles. The maximum Gasteiger partial charge on any atom is -0.0131 e. The van der Waals surface area contributed by atoms with E-state index in [1.807, 2.05) is 0 Å². The fourth-order valence-corrected chi connectivity index (χ4v) is 2.99. The van der Waals surface area contributed by atoms with E-state index in [0.29, 0.717) is 5.41 Å². The van der Waals surface area contributed by atoms with Gasteiger partial charge >= 0.3 is 0 Å². The van der Waals surface area contributed by atoms with Gasteiger partial charge in [0, 0.05) is 0 Å². The van der Waals surface area contributed by atoms with Gasteiger partial charge in [0.25, 0.3) is 0 Å². The number of rotatable bonds is 0. The Morgan fingerprint density at radius 3 is 2.88 bits per heavy atom. The molecule has 0 nitrogen and oxygen atoms in total. The van der Waals surface area contributed by atoms with Crippen molar-refractivity contribution in [1.29, 1.82) is 0 Å². The molecule has 0 spiro atoms. The molecular weight excluding hydrogens is 204 g/mol. The predicted molar refractivity (Wildman–Crippen MR) is 74.9 cm³/mol. The number of benzene rings is 1. The smallest absolute Gasteiger partial charge is 0.0131 e. The second-order valence-electron chi connectivity index (χ2n) is 6.00. The first-order valence-corrected chi connectivity index (χ1v) is 6.66. The van der Waals surface area contributed by atoms with Gasteiger partial charge in [0.1, 0.15) is 0 Å². The van der Waals surface area contributed by atoms with Crippen molar-refractivity contribution in [2.75, 3.05) is 0 Å². The molecule has 0 N–H and O–H groups in total. The van der Waals surface area contributed by atoms with Crippen molar-refractivity contribution in [2.24, 2.45) is 5.41 Å². The lowest BCUT2D eigenvalue weighted by Gasteiger charge is -2.27. The third-order valence-electron chi connectivity index (χ3n) is 3.93. The Morgan fingerprint density at radius 2 is 2.00 bits per heavy atom. The summed E-state index contributed by atoms with van der Waals surface area (Å²) in [6.45, 7) is 4.63. The van der Waals surface area contributed by atoms with Crippen molar-refractivity contribution in [2.45, 2.75) is 39.5 Å². The van der Waals surface area contributed by atoms with Crippen LogP contribution in [-0.4, -0.2) is 0 Å². The van der Waals surface area contributed by atoms with Crippen molar-refractivity contribution in [3.05, 3.63) is 46.5 Å². The molecule has 0 amide bonds. The minimum atomic E-state index is 0.321. The molecule has 88 valence electrons. The zero-order valence-corrected chi connectivity index (χ0v) is 10.8. The van der Waals surface area contributed by atoms with Crippen LogP contribution >= 0.6 is 0 Å². The molecular formula is C17H20. The van der Waals surface area contributed by atoms with Gasteiger partial charge in [-0.2, -0.15) is 0 Å². The summed E-state index contributed by atoms with van der Waals surface area (Å²) >= 11 is 0. The summed E-state index contributed by atoms with van der Waals surface area (Å²) in [7, 11) is 0. The Kier molecular flexibility index (Phi) is 2.47. The van der Waals surface area contributed by atoms with Crippen LogP contribution in [0, 0.1) is 5.41 Å². The maximum absolute atomic E-state index is 2.38. The van der Waals surface area contributed by atoms with Gasteiger partial charge in [-0.05, 0) is 53.4 Å². The van der Waals surface area contributed by atoms with E-state index in [2.05, 4.69) is 50.3 Å². The van der Waals surface area contributed by atoms with E-state index in [-0.39, 0.29) is 0 Å². The summed E-state index contributed by atoms with van der Waals surface area (Å²) in [5.41, 5.74) is 6.37. The molecule has 0 aromatic heterocycles. The molecule has 2 aliphatic carbocycles. The first-order chi connectivity index (χ1) is 8.16. The van der Waals surface area contributed by atoms with E-state index >= 15 is 0 Å². The van der Waals surface area contributed by atoms with E-state index in [1.54, 1.807) is 5.56 Å². The Balaban J connectivity index is 2.13. The predicted octanol–water partition coefficient (Wildman–Crippen LogP) is 4.63. The molecule has 0 heteroatoms. The summed E-state index contributed by atoms with van der Waals surface area (Å²) < 4.78 is 0. The molecule has 0 aliphatic heterocycles. The molecule has 0 unspecified atom stereocenters. The lowest BCUT2D eigenvalue weighted by molar-refractivity contribution is 0.474.